The van der Waals surface area contributed by atoms with Crippen molar-refractivity contribution in [2.45, 2.75) is 27.3 Å². The fourth-order valence-electron chi connectivity index (χ4n) is 2.60. The van der Waals surface area contributed by atoms with Crippen LogP contribution in [0.3, 0.4) is 0 Å². The third kappa shape index (κ3) is 4.26. The van der Waals surface area contributed by atoms with Gasteiger partial charge in [-0.15, -0.1) is 0 Å². The van der Waals surface area contributed by atoms with Crippen LogP contribution in [0, 0.1) is 20.8 Å². The van der Waals surface area contributed by atoms with Gasteiger partial charge in [0.1, 0.15) is 17.8 Å². The predicted octanol–water partition coefficient (Wildman–Crippen LogP) is 4.39. The summed E-state index contributed by atoms with van der Waals surface area (Å²) in [5, 5.41) is 3.24. The maximum Gasteiger partial charge on any atom is 0.248 e. The molecule has 3 N–H and O–H groups in total. The van der Waals surface area contributed by atoms with E-state index in [1.165, 1.54) is 11.9 Å². The van der Waals surface area contributed by atoms with Gasteiger partial charge in [0.2, 0.25) is 5.88 Å². The van der Waals surface area contributed by atoms with Crippen LogP contribution in [-0.2, 0) is 6.54 Å². The number of benzene rings is 2. The van der Waals surface area contributed by atoms with E-state index in [0.717, 1.165) is 16.7 Å². The standard InChI is InChI=1S/C20H22N4O/c1-13-4-6-16(7-5-13)11-22-19-18(21)20(24-12-23-19)25-17-9-14(2)8-15(3)10-17/h4-10,12H,11,21H2,1-3H3,(H,22,23,24). The molecule has 0 aliphatic rings. The molecule has 0 radical (unpaired) electrons. The lowest BCUT2D eigenvalue weighted by Gasteiger charge is -2.12. The molecule has 0 amide bonds. The molecular weight excluding hydrogens is 312 g/mol. The van der Waals surface area contributed by atoms with Gasteiger partial charge >= 0.3 is 0 Å². The number of nitrogen functional groups attached to an aromatic ring is 1. The first-order valence-electron chi connectivity index (χ1n) is 8.17. The van der Waals surface area contributed by atoms with E-state index < -0.39 is 0 Å². The zero-order valence-corrected chi connectivity index (χ0v) is 14.7. The molecule has 0 aliphatic heterocycles. The van der Waals surface area contributed by atoms with E-state index in [1.807, 2.05) is 26.0 Å². The zero-order valence-electron chi connectivity index (χ0n) is 14.7. The summed E-state index contributed by atoms with van der Waals surface area (Å²) in [5.41, 5.74) is 11.2. The first kappa shape index (κ1) is 16.8. The lowest BCUT2D eigenvalue weighted by atomic mass is 10.1. The van der Waals surface area contributed by atoms with Crippen LogP contribution in [-0.4, -0.2) is 9.97 Å². The minimum atomic E-state index is 0.353. The molecule has 3 aromatic rings. The SMILES string of the molecule is Cc1ccc(CNc2ncnc(Oc3cc(C)cc(C)c3)c2N)cc1. The van der Waals surface area contributed by atoms with Crippen molar-refractivity contribution in [3.8, 4) is 11.6 Å². The molecule has 0 aliphatic carbocycles. The first-order chi connectivity index (χ1) is 12.0. The Morgan fingerprint density at radius 3 is 2.28 bits per heavy atom. The second-order valence-electron chi connectivity index (χ2n) is 6.21. The highest BCUT2D eigenvalue weighted by Crippen LogP contribution is 2.30. The van der Waals surface area contributed by atoms with Crippen LogP contribution in [0.25, 0.3) is 0 Å². The van der Waals surface area contributed by atoms with Crippen LogP contribution in [0.1, 0.15) is 22.3 Å². The summed E-state index contributed by atoms with van der Waals surface area (Å²) in [6.45, 7) is 6.75. The number of aromatic nitrogens is 2. The third-order valence-corrected chi connectivity index (χ3v) is 3.84. The molecule has 128 valence electrons. The van der Waals surface area contributed by atoms with Crippen molar-refractivity contribution in [2.24, 2.45) is 0 Å². The number of nitrogens with one attached hydrogen (secondary N) is 1. The van der Waals surface area contributed by atoms with Gasteiger partial charge in [0.15, 0.2) is 5.82 Å². The van der Waals surface area contributed by atoms with Crippen LogP contribution in [0.4, 0.5) is 11.5 Å². The molecule has 2 aromatic carbocycles. The molecule has 1 aromatic heterocycles. The summed E-state index contributed by atoms with van der Waals surface area (Å²) in [6, 6.07) is 14.3. The number of aryl methyl sites for hydroxylation is 3. The number of anilines is 2. The van der Waals surface area contributed by atoms with E-state index >= 15 is 0 Å². The average molecular weight is 334 g/mol. The molecule has 0 unspecified atom stereocenters. The molecule has 0 spiro atoms. The van der Waals surface area contributed by atoms with Gasteiger partial charge in [-0.05, 0) is 49.6 Å². The van der Waals surface area contributed by atoms with Gasteiger partial charge in [0.05, 0.1) is 0 Å². The Labute approximate surface area is 147 Å². The third-order valence-electron chi connectivity index (χ3n) is 3.84. The predicted molar refractivity (Wildman–Crippen MR) is 101 cm³/mol. The summed E-state index contributed by atoms with van der Waals surface area (Å²) in [5.74, 6) is 1.63. The van der Waals surface area contributed by atoms with Crippen molar-refractivity contribution < 1.29 is 4.74 Å². The Bertz CT molecular complexity index is 855. The van der Waals surface area contributed by atoms with Gasteiger partial charge in [0, 0.05) is 6.54 Å². The number of hydrogen-bond donors (Lipinski definition) is 2. The monoisotopic (exact) mass is 334 g/mol. The summed E-state index contributed by atoms with van der Waals surface area (Å²) < 4.78 is 5.86. The summed E-state index contributed by atoms with van der Waals surface area (Å²) in [4.78, 5) is 8.38. The van der Waals surface area contributed by atoms with Gasteiger partial charge in [-0.2, -0.15) is 4.98 Å². The second kappa shape index (κ2) is 7.21. The quantitative estimate of drug-likeness (QED) is 0.724. The zero-order chi connectivity index (χ0) is 17.8. The van der Waals surface area contributed by atoms with Crippen molar-refractivity contribution in [3.05, 3.63) is 71.0 Å². The fraction of sp³-hybridized carbons (Fsp3) is 0.200. The Morgan fingerprint density at radius 1 is 0.920 bits per heavy atom. The minimum Gasteiger partial charge on any atom is -0.437 e. The molecule has 0 bridgehead atoms. The van der Waals surface area contributed by atoms with Crippen LogP contribution >= 0.6 is 0 Å². The molecule has 25 heavy (non-hydrogen) atoms. The van der Waals surface area contributed by atoms with Gasteiger partial charge in [-0.1, -0.05) is 35.9 Å². The van der Waals surface area contributed by atoms with Crippen molar-refractivity contribution in [3.63, 3.8) is 0 Å². The van der Waals surface area contributed by atoms with Gasteiger partial charge in [0.25, 0.3) is 0 Å². The Hall–Kier alpha value is -3.08. The molecule has 5 nitrogen and oxygen atoms in total. The number of nitrogens with two attached hydrogens (primary N) is 1. The topological polar surface area (TPSA) is 73.1 Å². The number of nitrogens with zero attached hydrogens (tertiary/aromatic N) is 2. The van der Waals surface area contributed by atoms with E-state index in [2.05, 4.69) is 52.5 Å². The molecule has 0 saturated heterocycles. The molecule has 0 atom stereocenters. The van der Waals surface area contributed by atoms with E-state index in [9.17, 15) is 0 Å². The largest absolute Gasteiger partial charge is 0.437 e. The highest BCUT2D eigenvalue weighted by Gasteiger charge is 2.10. The average Bonchev–Trinajstić information content (AvgIpc) is 2.56. The number of hydrogen-bond acceptors (Lipinski definition) is 5. The Kier molecular flexibility index (Phi) is 4.84. The van der Waals surface area contributed by atoms with Crippen molar-refractivity contribution in [1.82, 2.24) is 9.97 Å². The van der Waals surface area contributed by atoms with Crippen molar-refractivity contribution in [2.75, 3.05) is 11.1 Å². The Balaban J connectivity index is 1.76. The van der Waals surface area contributed by atoms with Crippen LogP contribution < -0.4 is 15.8 Å². The van der Waals surface area contributed by atoms with E-state index in [0.29, 0.717) is 29.7 Å². The lowest BCUT2D eigenvalue weighted by molar-refractivity contribution is 0.464. The summed E-state index contributed by atoms with van der Waals surface area (Å²) >= 11 is 0. The van der Waals surface area contributed by atoms with Crippen molar-refractivity contribution in [1.29, 1.82) is 0 Å². The van der Waals surface area contributed by atoms with Crippen LogP contribution in [0.2, 0.25) is 0 Å². The van der Waals surface area contributed by atoms with Gasteiger partial charge in [-0.3, -0.25) is 0 Å². The molecule has 3 rings (SSSR count). The normalized spacial score (nSPS) is 10.5. The molecule has 0 saturated carbocycles. The van der Waals surface area contributed by atoms with E-state index in [4.69, 9.17) is 10.5 Å². The van der Waals surface area contributed by atoms with Crippen molar-refractivity contribution >= 4 is 11.5 Å². The molecule has 5 heteroatoms. The highest BCUT2D eigenvalue weighted by atomic mass is 16.5. The Morgan fingerprint density at radius 2 is 1.60 bits per heavy atom. The van der Waals surface area contributed by atoms with E-state index in [1.54, 1.807) is 0 Å². The minimum absolute atomic E-state index is 0.353. The maximum atomic E-state index is 6.18. The van der Waals surface area contributed by atoms with Gasteiger partial charge < -0.3 is 15.8 Å². The summed E-state index contributed by atoms with van der Waals surface area (Å²) in [6.07, 6.45) is 1.45. The molecule has 1 heterocycles. The molecular formula is C20H22N4O. The lowest BCUT2D eigenvalue weighted by Crippen LogP contribution is -2.06. The highest BCUT2D eigenvalue weighted by molar-refractivity contribution is 5.67. The van der Waals surface area contributed by atoms with Crippen LogP contribution in [0.5, 0.6) is 11.6 Å². The number of ether oxygens (including phenoxy) is 1. The maximum absolute atomic E-state index is 6.18. The van der Waals surface area contributed by atoms with Gasteiger partial charge in [-0.25, -0.2) is 4.98 Å². The number of rotatable bonds is 5. The summed E-state index contributed by atoms with van der Waals surface area (Å²) in [7, 11) is 0. The fourth-order valence-corrected chi connectivity index (χ4v) is 2.60. The first-order valence-corrected chi connectivity index (χ1v) is 8.17. The van der Waals surface area contributed by atoms with E-state index in [-0.39, 0.29) is 0 Å². The second-order valence-corrected chi connectivity index (χ2v) is 6.21. The molecule has 0 fully saturated rings. The smallest absolute Gasteiger partial charge is 0.248 e. The van der Waals surface area contributed by atoms with Crippen LogP contribution in [0.15, 0.2) is 48.8 Å².